The second-order valence-corrected chi connectivity index (χ2v) is 6.36. The molecule has 2 aliphatic rings. The van der Waals surface area contributed by atoms with E-state index < -0.39 is 0 Å². The summed E-state index contributed by atoms with van der Waals surface area (Å²) in [4.78, 5) is 2.60. The molecule has 0 radical (unpaired) electrons. The van der Waals surface area contributed by atoms with Crippen molar-refractivity contribution in [2.24, 2.45) is 0 Å². The van der Waals surface area contributed by atoms with E-state index >= 15 is 0 Å². The first kappa shape index (κ1) is 13.9. The Kier molecular flexibility index (Phi) is 3.74. The summed E-state index contributed by atoms with van der Waals surface area (Å²) >= 11 is 0. The summed E-state index contributed by atoms with van der Waals surface area (Å²) in [5.41, 5.74) is 3.92. The van der Waals surface area contributed by atoms with Crippen molar-refractivity contribution in [3.05, 3.63) is 28.8 Å². The van der Waals surface area contributed by atoms with Crippen LogP contribution in [0.1, 0.15) is 55.3 Å². The van der Waals surface area contributed by atoms with Gasteiger partial charge in [0.25, 0.3) is 0 Å². The number of benzene rings is 1. The molecule has 1 aliphatic carbocycles. The maximum Gasteiger partial charge on any atom is 0.120 e. The van der Waals surface area contributed by atoms with Crippen molar-refractivity contribution in [3.8, 4) is 5.75 Å². The zero-order valence-corrected chi connectivity index (χ0v) is 12.8. The molecule has 1 saturated heterocycles. The first-order chi connectivity index (χ1) is 9.63. The van der Waals surface area contributed by atoms with E-state index in [1.807, 2.05) is 6.07 Å². The van der Waals surface area contributed by atoms with Gasteiger partial charge in [0, 0.05) is 24.2 Å². The minimum absolute atomic E-state index is 0.384. The molecule has 1 aliphatic heterocycles. The average molecular weight is 274 g/mol. The number of likely N-dealkylation sites (N-methyl/N-ethyl adjacent to an activating group) is 1. The van der Waals surface area contributed by atoms with Gasteiger partial charge in [-0.05, 0) is 56.0 Å². The van der Waals surface area contributed by atoms with Crippen LogP contribution in [0.2, 0.25) is 0 Å². The van der Waals surface area contributed by atoms with E-state index in [4.69, 9.17) is 0 Å². The van der Waals surface area contributed by atoms with E-state index in [2.05, 4.69) is 37.1 Å². The molecule has 0 amide bonds. The maximum absolute atomic E-state index is 10.4. The number of aromatic hydroxyl groups is 1. The number of fused-ring (bicyclic) bond motifs is 1. The maximum atomic E-state index is 10.4. The number of rotatable bonds is 3. The van der Waals surface area contributed by atoms with Gasteiger partial charge >= 0.3 is 0 Å². The molecule has 0 bridgehead atoms. The summed E-state index contributed by atoms with van der Waals surface area (Å²) in [5.74, 6) is 1.04. The molecule has 20 heavy (non-hydrogen) atoms. The van der Waals surface area contributed by atoms with Crippen molar-refractivity contribution >= 4 is 0 Å². The van der Waals surface area contributed by atoms with E-state index in [-0.39, 0.29) is 0 Å². The van der Waals surface area contributed by atoms with Crippen molar-refractivity contribution < 1.29 is 5.11 Å². The van der Waals surface area contributed by atoms with Crippen LogP contribution in [0.25, 0.3) is 0 Å². The van der Waals surface area contributed by atoms with Gasteiger partial charge in [-0.3, -0.25) is 4.90 Å². The van der Waals surface area contributed by atoms with Crippen molar-refractivity contribution in [2.75, 3.05) is 19.6 Å². The Morgan fingerprint density at radius 3 is 2.80 bits per heavy atom. The monoisotopic (exact) mass is 274 g/mol. The van der Waals surface area contributed by atoms with Gasteiger partial charge < -0.3 is 10.4 Å². The Labute approximate surface area is 122 Å². The Hall–Kier alpha value is -1.06. The van der Waals surface area contributed by atoms with Gasteiger partial charge in [-0.25, -0.2) is 0 Å². The normalized spacial score (nSPS) is 29.1. The van der Waals surface area contributed by atoms with Crippen LogP contribution in [0.4, 0.5) is 0 Å². The summed E-state index contributed by atoms with van der Waals surface area (Å²) in [7, 11) is 0. The van der Waals surface area contributed by atoms with Crippen LogP contribution in [-0.4, -0.2) is 35.7 Å². The fraction of sp³-hybridized carbons (Fsp3) is 0.647. The molecule has 3 nitrogen and oxygen atoms in total. The van der Waals surface area contributed by atoms with Crippen LogP contribution in [0.5, 0.6) is 5.75 Å². The predicted octanol–water partition coefficient (Wildman–Crippen LogP) is 2.93. The van der Waals surface area contributed by atoms with Crippen molar-refractivity contribution in [1.82, 2.24) is 10.2 Å². The number of phenolic OH excluding ortho intramolecular Hbond substituents is 1. The van der Waals surface area contributed by atoms with Crippen molar-refractivity contribution in [2.45, 2.75) is 51.6 Å². The van der Waals surface area contributed by atoms with Crippen molar-refractivity contribution in [3.63, 3.8) is 0 Å². The highest BCUT2D eigenvalue weighted by Gasteiger charge is 2.38. The fourth-order valence-electron chi connectivity index (χ4n) is 4.27. The van der Waals surface area contributed by atoms with Crippen LogP contribution in [0, 0.1) is 6.92 Å². The zero-order valence-electron chi connectivity index (χ0n) is 12.8. The standard InChI is InChI=1S/C17H26N2O/c1-4-19(13-7-8-18-10-13)14-9-12(3)16-11(2)5-6-15(20)17(14)16/h5-6,12-14,18,20H,4,7-10H2,1-3H3. The molecule has 1 fully saturated rings. The molecule has 0 aromatic heterocycles. The number of phenols is 1. The Balaban J connectivity index is 1.99. The minimum Gasteiger partial charge on any atom is -0.508 e. The smallest absolute Gasteiger partial charge is 0.120 e. The number of nitrogens with one attached hydrogen (secondary N) is 1. The molecule has 0 saturated carbocycles. The van der Waals surface area contributed by atoms with Gasteiger partial charge in [0.2, 0.25) is 0 Å². The third-order valence-corrected chi connectivity index (χ3v) is 5.15. The van der Waals surface area contributed by atoms with Gasteiger partial charge in [-0.15, -0.1) is 0 Å². The van der Waals surface area contributed by atoms with Gasteiger partial charge in [0.15, 0.2) is 0 Å². The molecular formula is C17H26N2O. The van der Waals surface area contributed by atoms with Gasteiger partial charge in [0.05, 0.1) is 0 Å². The lowest BCUT2D eigenvalue weighted by molar-refractivity contribution is 0.146. The minimum atomic E-state index is 0.384. The SMILES string of the molecule is CCN(C1CCNC1)C1CC(C)c2c(C)ccc(O)c21. The Morgan fingerprint density at radius 1 is 1.35 bits per heavy atom. The quantitative estimate of drug-likeness (QED) is 0.889. The lowest BCUT2D eigenvalue weighted by Gasteiger charge is -2.34. The zero-order chi connectivity index (χ0) is 14.3. The lowest BCUT2D eigenvalue weighted by atomic mass is 9.97. The largest absolute Gasteiger partial charge is 0.508 e. The lowest BCUT2D eigenvalue weighted by Crippen LogP contribution is -2.39. The Bertz CT molecular complexity index is 494. The van der Waals surface area contributed by atoms with Crippen LogP contribution >= 0.6 is 0 Å². The molecule has 1 aromatic carbocycles. The Morgan fingerprint density at radius 2 is 2.15 bits per heavy atom. The summed E-state index contributed by atoms with van der Waals surface area (Å²) in [6.45, 7) is 9.97. The molecule has 1 aromatic rings. The van der Waals surface area contributed by atoms with Crippen molar-refractivity contribution in [1.29, 1.82) is 0 Å². The number of aryl methyl sites for hydroxylation is 1. The molecule has 3 heteroatoms. The fourth-order valence-corrected chi connectivity index (χ4v) is 4.27. The number of nitrogens with zero attached hydrogens (tertiary/aromatic N) is 1. The number of hydrogen-bond acceptors (Lipinski definition) is 3. The van der Waals surface area contributed by atoms with E-state index in [9.17, 15) is 5.11 Å². The summed E-state index contributed by atoms with van der Waals surface area (Å²) in [6.07, 6.45) is 2.36. The first-order valence-corrected chi connectivity index (χ1v) is 7.92. The predicted molar refractivity (Wildman–Crippen MR) is 82.3 cm³/mol. The third-order valence-electron chi connectivity index (χ3n) is 5.15. The first-order valence-electron chi connectivity index (χ1n) is 7.92. The van der Waals surface area contributed by atoms with Crippen LogP contribution in [0.15, 0.2) is 12.1 Å². The van der Waals surface area contributed by atoms with E-state index in [1.54, 1.807) is 0 Å². The topological polar surface area (TPSA) is 35.5 Å². The molecule has 110 valence electrons. The molecule has 2 N–H and O–H groups in total. The van der Waals surface area contributed by atoms with Gasteiger partial charge in [-0.1, -0.05) is 19.9 Å². The molecule has 3 rings (SSSR count). The average Bonchev–Trinajstić information content (AvgIpc) is 3.05. The number of hydrogen-bond donors (Lipinski definition) is 2. The van der Waals surface area contributed by atoms with Crippen LogP contribution < -0.4 is 5.32 Å². The van der Waals surface area contributed by atoms with E-state index in [1.165, 1.54) is 23.1 Å². The molecule has 3 unspecified atom stereocenters. The molecule has 0 spiro atoms. The highest BCUT2D eigenvalue weighted by atomic mass is 16.3. The molecule has 1 heterocycles. The summed E-state index contributed by atoms with van der Waals surface area (Å²) in [6, 6.07) is 4.93. The molecule has 3 atom stereocenters. The van der Waals surface area contributed by atoms with Gasteiger partial charge in [-0.2, -0.15) is 0 Å². The summed E-state index contributed by atoms with van der Waals surface area (Å²) < 4.78 is 0. The summed E-state index contributed by atoms with van der Waals surface area (Å²) in [5, 5.41) is 13.9. The molecular weight excluding hydrogens is 248 g/mol. The highest BCUT2D eigenvalue weighted by molar-refractivity contribution is 5.51. The van der Waals surface area contributed by atoms with E-state index in [0.717, 1.165) is 26.1 Å². The van der Waals surface area contributed by atoms with Gasteiger partial charge in [0.1, 0.15) is 5.75 Å². The second-order valence-electron chi connectivity index (χ2n) is 6.36. The highest BCUT2D eigenvalue weighted by Crippen LogP contribution is 2.49. The van der Waals surface area contributed by atoms with E-state index in [0.29, 0.717) is 23.8 Å². The van der Waals surface area contributed by atoms with Crippen LogP contribution in [0.3, 0.4) is 0 Å². The van der Waals surface area contributed by atoms with Crippen LogP contribution in [-0.2, 0) is 0 Å². The second kappa shape index (κ2) is 5.38. The third kappa shape index (κ3) is 2.13.